The molecule has 1 aromatic heterocycles. The van der Waals surface area contributed by atoms with Gasteiger partial charge in [0.2, 0.25) is 0 Å². The molecule has 2 aliphatic heterocycles. The van der Waals surface area contributed by atoms with Crippen LogP contribution in [0.25, 0.3) is 0 Å². The minimum absolute atomic E-state index is 0.268. The van der Waals surface area contributed by atoms with Crippen molar-refractivity contribution in [3.63, 3.8) is 0 Å². The molecule has 1 unspecified atom stereocenters. The Hall–Kier alpha value is -1.40. The summed E-state index contributed by atoms with van der Waals surface area (Å²) in [5, 5.41) is 7.79. The zero-order valence-corrected chi connectivity index (χ0v) is 14.4. The van der Waals surface area contributed by atoms with E-state index in [4.69, 9.17) is 0 Å². The van der Waals surface area contributed by atoms with Crippen molar-refractivity contribution in [3.8, 4) is 0 Å². The van der Waals surface area contributed by atoms with Crippen molar-refractivity contribution in [2.24, 2.45) is 5.92 Å². The predicted octanol–water partition coefficient (Wildman–Crippen LogP) is 0.762. The Labute approximate surface area is 138 Å². The molecule has 6 nitrogen and oxygen atoms in total. The van der Waals surface area contributed by atoms with E-state index in [9.17, 15) is 4.79 Å². The number of carbonyl (C=O) groups is 1. The number of rotatable bonds is 5. The average molecular weight is 319 g/mol. The van der Waals surface area contributed by atoms with Gasteiger partial charge in [-0.05, 0) is 57.9 Å². The average Bonchev–Trinajstić information content (AvgIpc) is 3.26. The van der Waals surface area contributed by atoms with Crippen LogP contribution in [0.3, 0.4) is 0 Å². The molecular formula is C17H29N5O. The molecule has 0 spiro atoms. The number of nitrogens with zero attached hydrogens (tertiary/aromatic N) is 4. The molecule has 3 rings (SSSR count). The first kappa shape index (κ1) is 16.5. The lowest BCUT2D eigenvalue weighted by molar-refractivity contribution is -0.142. The van der Waals surface area contributed by atoms with Gasteiger partial charge < -0.3 is 15.1 Å². The highest BCUT2D eigenvalue weighted by Gasteiger charge is 2.45. The van der Waals surface area contributed by atoms with Crippen molar-refractivity contribution in [2.45, 2.75) is 31.7 Å². The molecule has 2 fully saturated rings. The van der Waals surface area contributed by atoms with E-state index < -0.39 is 5.54 Å². The van der Waals surface area contributed by atoms with Crippen LogP contribution in [0.15, 0.2) is 18.5 Å². The van der Waals surface area contributed by atoms with Gasteiger partial charge in [-0.1, -0.05) is 6.92 Å². The van der Waals surface area contributed by atoms with Gasteiger partial charge in [0, 0.05) is 32.0 Å². The third-order valence-corrected chi connectivity index (χ3v) is 5.45. The van der Waals surface area contributed by atoms with Crippen LogP contribution in [0, 0.1) is 5.92 Å². The third kappa shape index (κ3) is 3.28. The third-order valence-electron chi connectivity index (χ3n) is 5.45. The number of hydrogen-bond donors (Lipinski definition) is 1. The van der Waals surface area contributed by atoms with Crippen LogP contribution >= 0.6 is 0 Å². The van der Waals surface area contributed by atoms with E-state index in [2.05, 4.69) is 34.2 Å². The number of likely N-dealkylation sites (tertiary alicyclic amines) is 1. The highest BCUT2D eigenvalue weighted by atomic mass is 16.2. The first-order chi connectivity index (χ1) is 11.2. The summed E-state index contributed by atoms with van der Waals surface area (Å²) in [6.07, 6.45) is 6.48. The Morgan fingerprint density at radius 3 is 2.87 bits per heavy atom. The number of carbonyl (C=O) groups excluding carboxylic acids is 1. The molecule has 0 radical (unpaired) electrons. The SMILES string of the molecule is CCN(C)CC1CCN(C(=O)C2(n3cccn3)CCNCC2)C1. The molecule has 1 amide bonds. The zero-order valence-electron chi connectivity index (χ0n) is 14.4. The number of aromatic nitrogens is 2. The first-order valence-corrected chi connectivity index (χ1v) is 8.84. The molecule has 2 aliphatic rings. The summed E-state index contributed by atoms with van der Waals surface area (Å²) in [6.45, 7) is 7.85. The lowest BCUT2D eigenvalue weighted by Crippen LogP contribution is -2.55. The smallest absolute Gasteiger partial charge is 0.250 e. The quantitative estimate of drug-likeness (QED) is 0.871. The minimum atomic E-state index is -0.486. The minimum Gasteiger partial charge on any atom is -0.340 e. The largest absolute Gasteiger partial charge is 0.340 e. The van der Waals surface area contributed by atoms with Crippen LogP contribution in [0.1, 0.15) is 26.2 Å². The summed E-state index contributed by atoms with van der Waals surface area (Å²) in [6, 6.07) is 1.92. The molecule has 0 saturated carbocycles. The van der Waals surface area contributed by atoms with Crippen LogP contribution in [0.2, 0.25) is 0 Å². The highest BCUT2D eigenvalue weighted by molar-refractivity contribution is 5.85. The van der Waals surface area contributed by atoms with E-state index >= 15 is 0 Å². The summed E-state index contributed by atoms with van der Waals surface area (Å²) in [5.41, 5.74) is -0.486. The standard InChI is InChI=1S/C17H29N5O/c1-3-20(2)13-15-5-12-21(14-15)16(23)17(6-9-18-10-7-17)22-11-4-8-19-22/h4,8,11,15,18H,3,5-7,9-10,12-14H2,1-2H3. The van der Waals surface area contributed by atoms with Gasteiger partial charge in [-0.15, -0.1) is 0 Å². The first-order valence-electron chi connectivity index (χ1n) is 8.84. The lowest BCUT2D eigenvalue weighted by Gasteiger charge is -2.39. The van der Waals surface area contributed by atoms with Crippen molar-refractivity contribution in [1.29, 1.82) is 0 Å². The zero-order chi connectivity index (χ0) is 16.3. The van der Waals surface area contributed by atoms with Crippen molar-refractivity contribution in [2.75, 3.05) is 46.3 Å². The van der Waals surface area contributed by atoms with Gasteiger partial charge in [-0.3, -0.25) is 9.48 Å². The molecule has 3 heterocycles. The lowest BCUT2D eigenvalue weighted by atomic mass is 9.87. The van der Waals surface area contributed by atoms with Gasteiger partial charge in [0.15, 0.2) is 0 Å². The summed E-state index contributed by atoms with van der Waals surface area (Å²) < 4.78 is 1.90. The second-order valence-corrected chi connectivity index (χ2v) is 6.99. The second kappa shape index (κ2) is 7.01. The van der Waals surface area contributed by atoms with E-state index in [-0.39, 0.29) is 5.91 Å². The number of amides is 1. The summed E-state index contributed by atoms with van der Waals surface area (Å²) >= 11 is 0. The topological polar surface area (TPSA) is 53.4 Å². The summed E-state index contributed by atoms with van der Waals surface area (Å²) in [4.78, 5) is 17.8. The van der Waals surface area contributed by atoms with Crippen molar-refractivity contribution in [3.05, 3.63) is 18.5 Å². The maximum Gasteiger partial charge on any atom is 0.250 e. The summed E-state index contributed by atoms with van der Waals surface area (Å²) in [7, 11) is 2.16. The fourth-order valence-electron chi connectivity index (χ4n) is 3.93. The number of hydrogen-bond acceptors (Lipinski definition) is 4. The van der Waals surface area contributed by atoms with Crippen LogP contribution in [-0.2, 0) is 10.3 Å². The number of piperidine rings is 1. The maximum atomic E-state index is 13.3. The maximum absolute atomic E-state index is 13.3. The molecule has 6 heteroatoms. The van der Waals surface area contributed by atoms with E-state index in [0.717, 1.165) is 58.5 Å². The molecule has 1 atom stereocenters. The highest BCUT2D eigenvalue weighted by Crippen LogP contribution is 2.31. The molecule has 128 valence electrons. The molecule has 0 bridgehead atoms. The van der Waals surface area contributed by atoms with E-state index in [0.29, 0.717) is 5.92 Å². The van der Waals surface area contributed by atoms with Gasteiger partial charge in [0.05, 0.1) is 0 Å². The van der Waals surface area contributed by atoms with Crippen LogP contribution in [0.5, 0.6) is 0 Å². The van der Waals surface area contributed by atoms with Gasteiger partial charge in [0.25, 0.3) is 5.91 Å². The predicted molar refractivity (Wildman–Crippen MR) is 90.2 cm³/mol. The second-order valence-electron chi connectivity index (χ2n) is 6.99. The Morgan fingerprint density at radius 1 is 1.43 bits per heavy atom. The molecule has 0 aromatic carbocycles. The Kier molecular flexibility index (Phi) is 5.02. The molecular weight excluding hydrogens is 290 g/mol. The Bertz CT molecular complexity index is 509. The molecule has 2 saturated heterocycles. The monoisotopic (exact) mass is 319 g/mol. The molecule has 0 aliphatic carbocycles. The molecule has 1 N–H and O–H groups in total. The Morgan fingerprint density at radius 2 is 2.22 bits per heavy atom. The van der Waals surface area contributed by atoms with Crippen LogP contribution < -0.4 is 5.32 Å². The fraction of sp³-hybridized carbons (Fsp3) is 0.765. The fourth-order valence-corrected chi connectivity index (χ4v) is 3.93. The van der Waals surface area contributed by atoms with E-state index in [1.807, 2.05) is 16.9 Å². The van der Waals surface area contributed by atoms with Gasteiger partial charge in [-0.25, -0.2) is 0 Å². The van der Waals surface area contributed by atoms with E-state index in [1.54, 1.807) is 6.20 Å². The van der Waals surface area contributed by atoms with Crippen LogP contribution in [0.4, 0.5) is 0 Å². The normalized spacial score (nSPS) is 24.3. The van der Waals surface area contributed by atoms with Crippen molar-refractivity contribution >= 4 is 5.91 Å². The van der Waals surface area contributed by atoms with Crippen molar-refractivity contribution < 1.29 is 4.79 Å². The molecule has 1 aromatic rings. The van der Waals surface area contributed by atoms with E-state index in [1.165, 1.54) is 0 Å². The Balaban J connectivity index is 1.72. The molecule has 23 heavy (non-hydrogen) atoms. The summed E-state index contributed by atoms with van der Waals surface area (Å²) in [5.74, 6) is 0.865. The van der Waals surface area contributed by atoms with Gasteiger partial charge in [-0.2, -0.15) is 5.10 Å². The number of nitrogens with one attached hydrogen (secondary N) is 1. The van der Waals surface area contributed by atoms with Crippen LogP contribution in [-0.4, -0.2) is 71.8 Å². The van der Waals surface area contributed by atoms with Gasteiger partial charge >= 0.3 is 0 Å². The van der Waals surface area contributed by atoms with Crippen molar-refractivity contribution in [1.82, 2.24) is 24.9 Å². The van der Waals surface area contributed by atoms with Gasteiger partial charge in [0.1, 0.15) is 5.54 Å².